The number of phenols is 1. The Labute approximate surface area is 132 Å². The zero-order valence-electron chi connectivity index (χ0n) is 13.7. The minimum atomic E-state index is 0.0696. The first-order valence-corrected chi connectivity index (χ1v) is 8.96. The summed E-state index contributed by atoms with van der Waals surface area (Å²) in [7, 11) is 0. The fourth-order valence-corrected chi connectivity index (χ4v) is 5.15. The van der Waals surface area contributed by atoms with Crippen molar-refractivity contribution in [3.63, 3.8) is 0 Å². The summed E-state index contributed by atoms with van der Waals surface area (Å²) in [5, 5.41) is 11.5. The molecule has 3 rings (SSSR count). The number of hydrogen-bond donors (Lipinski definition) is 1. The van der Waals surface area contributed by atoms with E-state index in [4.69, 9.17) is 4.74 Å². The third kappa shape index (κ3) is 2.34. The number of ether oxygens (including phenoxy) is 1. The molecule has 1 heterocycles. The number of fused-ring (bicyclic) bond motifs is 1. The first-order valence-electron chi connectivity index (χ1n) is 8.02. The Balaban J connectivity index is 2.14. The van der Waals surface area contributed by atoms with Crippen molar-refractivity contribution in [2.24, 2.45) is 0 Å². The zero-order valence-corrected chi connectivity index (χ0v) is 14.6. The number of phenolic OH excluding ortho intramolecular Hbond substituents is 1. The lowest BCUT2D eigenvalue weighted by atomic mass is 9.73. The predicted octanol–water partition coefficient (Wildman–Crippen LogP) is 5.21. The van der Waals surface area contributed by atoms with Gasteiger partial charge in [-0.15, -0.1) is 0 Å². The summed E-state index contributed by atoms with van der Waals surface area (Å²) >= 11 is 2.02. The van der Waals surface area contributed by atoms with Crippen molar-refractivity contribution in [2.75, 3.05) is 0 Å². The highest BCUT2D eigenvalue weighted by atomic mass is 32.2. The van der Waals surface area contributed by atoms with Crippen molar-refractivity contribution >= 4 is 11.8 Å². The van der Waals surface area contributed by atoms with Gasteiger partial charge in [-0.2, -0.15) is 11.8 Å². The quantitative estimate of drug-likeness (QED) is 0.813. The molecule has 1 aromatic carbocycles. The van der Waals surface area contributed by atoms with Crippen molar-refractivity contribution in [2.45, 2.75) is 76.4 Å². The number of benzene rings is 1. The average Bonchev–Trinajstić information content (AvgIpc) is 2.39. The largest absolute Gasteiger partial charge is 0.507 e. The van der Waals surface area contributed by atoms with E-state index in [1.165, 1.54) is 24.8 Å². The molecule has 1 saturated carbocycles. The van der Waals surface area contributed by atoms with Crippen LogP contribution >= 0.6 is 11.8 Å². The van der Waals surface area contributed by atoms with Gasteiger partial charge in [-0.3, -0.25) is 0 Å². The second-order valence-electron chi connectivity index (χ2n) is 6.98. The van der Waals surface area contributed by atoms with Crippen LogP contribution in [-0.4, -0.2) is 16.0 Å². The molecule has 1 unspecified atom stereocenters. The molecule has 1 aromatic rings. The number of rotatable bonds is 2. The Morgan fingerprint density at radius 2 is 1.81 bits per heavy atom. The highest BCUT2D eigenvalue weighted by molar-refractivity contribution is 8.00. The predicted molar refractivity (Wildman–Crippen MR) is 89.6 cm³/mol. The number of aromatic hydroxyl groups is 1. The highest BCUT2D eigenvalue weighted by Crippen LogP contribution is 2.57. The van der Waals surface area contributed by atoms with E-state index in [0.29, 0.717) is 16.2 Å². The molecule has 3 heteroatoms. The third-order valence-corrected chi connectivity index (χ3v) is 6.44. The fraction of sp³-hybridized carbons (Fsp3) is 0.667. The molecule has 0 aromatic heterocycles. The van der Waals surface area contributed by atoms with E-state index in [1.807, 2.05) is 25.6 Å². The van der Waals surface area contributed by atoms with E-state index in [9.17, 15) is 5.11 Å². The van der Waals surface area contributed by atoms with Crippen molar-refractivity contribution in [3.05, 3.63) is 22.3 Å². The van der Waals surface area contributed by atoms with Crippen LogP contribution in [0, 0.1) is 20.8 Å². The summed E-state index contributed by atoms with van der Waals surface area (Å²) in [5.41, 5.74) is 4.41. The maximum atomic E-state index is 10.4. The van der Waals surface area contributed by atoms with E-state index in [2.05, 4.69) is 20.8 Å². The summed E-state index contributed by atoms with van der Waals surface area (Å²) in [6, 6.07) is 0. The van der Waals surface area contributed by atoms with Gasteiger partial charge in [-0.05, 0) is 62.0 Å². The molecule has 1 fully saturated rings. The van der Waals surface area contributed by atoms with Crippen LogP contribution in [0.25, 0.3) is 0 Å². The first kappa shape index (κ1) is 15.1. The highest BCUT2D eigenvalue weighted by Gasteiger charge is 2.47. The molecule has 116 valence electrons. The molecule has 1 atom stereocenters. The molecular formula is C18H26O2S. The van der Waals surface area contributed by atoms with Crippen LogP contribution in [0.4, 0.5) is 0 Å². The zero-order chi connectivity index (χ0) is 15.4. The van der Waals surface area contributed by atoms with Crippen LogP contribution in [0.15, 0.2) is 0 Å². The summed E-state index contributed by atoms with van der Waals surface area (Å²) < 4.78 is 6.49. The molecule has 0 radical (unpaired) electrons. The van der Waals surface area contributed by atoms with Crippen LogP contribution in [0.5, 0.6) is 11.5 Å². The van der Waals surface area contributed by atoms with E-state index >= 15 is 0 Å². The Bertz CT molecular complexity index is 573. The van der Waals surface area contributed by atoms with Crippen molar-refractivity contribution in [1.29, 1.82) is 0 Å². The van der Waals surface area contributed by atoms with Crippen molar-refractivity contribution in [1.82, 2.24) is 0 Å². The lowest BCUT2D eigenvalue weighted by Gasteiger charge is -2.49. The lowest BCUT2D eigenvalue weighted by Crippen LogP contribution is -2.47. The molecule has 1 N–H and O–H groups in total. The number of thioether (sulfide) groups is 1. The van der Waals surface area contributed by atoms with Gasteiger partial charge >= 0.3 is 0 Å². The van der Waals surface area contributed by atoms with Gasteiger partial charge in [0, 0.05) is 17.2 Å². The maximum Gasteiger partial charge on any atom is 0.128 e. The lowest BCUT2D eigenvalue weighted by molar-refractivity contribution is -0.0267. The molecular weight excluding hydrogens is 280 g/mol. The van der Waals surface area contributed by atoms with Crippen LogP contribution in [0.3, 0.4) is 0 Å². The van der Waals surface area contributed by atoms with E-state index < -0.39 is 0 Å². The van der Waals surface area contributed by atoms with E-state index in [1.54, 1.807) is 0 Å². The average molecular weight is 306 g/mol. The van der Waals surface area contributed by atoms with Gasteiger partial charge in [0.2, 0.25) is 0 Å². The van der Waals surface area contributed by atoms with Crippen LogP contribution < -0.4 is 4.74 Å². The first-order chi connectivity index (χ1) is 9.84. The van der Waals surface area contributed by atoms with E-state index in [-0.39, 0.29) is 5.60 Å². The van der Waals surface area contributed by atoms with Crippen molar-refractivity contribution in [3.8, 4) is 11.5 Å². The molecule has 0 bridgehead atoms. The minimum absolute atomic E-state index is 0.0696. The van der Waals surface area contributed by atoms with Crippen LogP contribution in [0.2, 0.25) is 0 Å². The maximum absolute atomic E-state index is 10.4. The van der Waals surface area contributed by atoms with Gasteiger partial charge in [0.1, 0.15) is 17.1 Å². The Kier molecular flexibility index (Phi) is 3.67. The Morgan fingerprint density at radius 1 is 1.14 bits per heavy atom. The second-order valence-corrected chi connectivity index (χ2v) is 8.77. The molecule has 2 aliphatic rings. The molecule has 1 aliphatic carbocycles. The smallest absolute Gasteiger partial charge is 0.128 e. The molecule has 1 aliphatic heterocycles. The molecule has 0 saturated heterocycles. The van der Waals surface area contributed by atoms with Gasteiger partial charge in [-0.1, -0.05) is 13.8 Å². The fourth-order valence-electron chi connectivity index (χ4n) is 3.67. The molecule has 1 spiro atoms. The molecule has 2 nitrogen and oxygen atoms in total. The summed E-state index contributed by atoms with van der Waals surface area (Å²) in [6.45, 7) is 10.6. The third-order valence-electron chi connectivity index (χ3n) is 5.16. The summed E-state index contributed by atoms with van der Waals surface area (Å²) in [4.78, 5) is 0. The van der Waals surface area contributed by atoms with Crippen molar-refractivity contribution < 1.29 is 9.84 Å². The standard InChI is InChI=1S/C18H26O2S/c1-10(2)21-14-9-18(7-6-8-18)20-17-12(4)11(3)16(19)13(5)15(14)17/h10,14,19H,6-9H2,1-5H3. The van der Waals surface area contributed by atoms with Gasteiger partial charge in [0.25, 0.3) is 0 Å². The topological polar surface area (TPSA) is 29.5 Å². The molecule has 0 amide bonds. The Hall–Kier alpha value is -0.830. The van der Waals surface area contributed by atoms with Crippen LogP contribution in [-0.2, 0) is 0 Å². The normalized spacial score (nSPS) is 22.9. The minimum Gasteiger partial charge on any atom is -0.507 e. The summed E-state index contributed by atoms with van der Waals surface area (Å²) in [5.74, 6) is 1.51. The second kappa shape index (κ2) is 5.12. The van der Waals surface area contributed by atoms with Gasteiger partial charge < -0.3 is 9.84 Å². The number of hydrogen-bond acceptors (Lipinski definition) is 3. The monoisotopic (exact) mass is 306 g/mol. The van der Waals surface area contributed by atoms with E-state index in [0.717, 1.165) is 28.9 Å². The van der Waals surface area contributed by atoms with Gasteiger partial charge in [0.15, 0.2) is 0 Å². The molecule has 21 heavy (non-hydrogen) atoms. The summed E-state index contributed by atoms with van der Waals surface area (Å²) in [6.07, 6.45) is 4.73. The van der Waals surface area contributed by atoms with Crippen LogP contribution in [0.1, 0.15) is 67.0 Å². The van der Waals surface area contributed by atoms with Gasteiger partial charge in [-0.25, -0.2) is 0 Å². The SMILES string of the molecule is Cc1c(C)c2c(c(C)c1O)C(SC(C)C)CC1(CCC1)O2. The Morgan fingerprint density at radius 3 is 2.33 bits per heavy atom. The van der Waals surface area contributed by atoms with Gasteiger partial charge in [0.05, 0.1) is 0 Å².